The van der Waals surface area contributed by atoms with Crippen molar-refractivity contribution in [2.45, 2.75) is 13.5 Å². The third-order valence-electron chi connectivity index (χ3n) is 4.73. The molecule has 1 aromatic heterocycles. The Morgan fingerprint density at radius 2 is 1.53 bits per heavy atom. The van der Waals surface area contributed by atoms with E-state index in [1.165, 1.54) is 12.1 Å². The van der Waals surface area contributed by atoms with E-state index in [0.717, 1.165) is 22.3 Å². The molecule has 3 N–H and O–H groups in total. The summed E-state index contributed by atoms with van der Waals surface area (Å²) >= 11 is 0. The second-order valence-electron chi connectivity index (χ2n) is 7.17. The van der Waals surface area contributed by atoms with Gasteiger partial charge in [0.2, 0.25) is 0 Å². The number of nitrogens with zero attached hydrogens (tertiary/aromatic N) is 1. The van der Waals surface area contributed by atoms with Crippen LogP contribution in [-0.2, 0) is 6.54 Å². The van der Waals surface area contributed by atoms with Crippen LogP contribution in [-0.4, -0.2) is 10.1 Å². The van der Waals surface area contributed by atoms with Crippen LogP contribution in [0.25, 0.3) is 11.1 Å². The Hall–Kier alpha value is -3.97. The van der Waals surface area contributed by atoms with E-state index in [2.05, 4.69) is 4.98 Å². The first-order valence-electron chi connectivity index (χ1n) is 9.84. The third-order valence-corrected chi connectivity index (χ3v) is 4.73. The van der Waals surface area contributed by atoms with Crippen LogP contribution in [0.15, 0.2) is 72.8 Å². The monoisotopic (exact) mass is 434 g/mol. The topological polar surface area (TPSA) is 77.6 Å². The normalized spacial score (nSPS) is 10.8. The molecule has 0 atom stereocenters. The quantitative estimate of drug-likeness (QED) is 0.384. The molecule has 4 aromatic rings. The summed E-state index contributed by atoms with van der Waals surface area (Å²) in [6.45, 7) is 2.19. The molecule has 32 heavy (non-hydrogen) atoms. The van der Waals surface area contributed by atoms with Crippen molar-refractivity contribution < 1.29 is 23.4 Å². The lowest BCUT2D eigenvalue weighted by Crippen LogP contribution is -1.99. The summed E-state index contributed by atoms with van der Waals surface area (Å²) in [5.74, 6) is -2.88. The summed E-state index contributed by atoms with van der Waals surface area (Å²) in [5.41, 5.74) is 9.23. The Morgan fingerprint density at radius 1 is 0.844 bits per heavy atom. The number of aromatic hydroxyl groups is 1. The van der Waals surface area contributed by atoms with Gasteiger partial charge in [-0.1, -0.05) is 36.4 Å². The van der Waals surface area contributed by atoms with Crippen molar-refractivity contribution in [3.63, 3.8) is 0 Å². The van der Waals surface area contributed by atoms with Crippen molar-refractivity contribution in [1.82, 2.24) is 4.98 Å². The molecule has 0 radical (unpaired) electrons. The zero-order valence-corrected chi connectivity index (χ0v) is 17.2. The largest absolute Gasteiger partial charge is 0.504 e. The molecule has 0 bridgehead atoms. The molecule has 0 aliphatic rings. The van der Waals surface area contributed by atoms with Gasteiger partial charge in [0.25, 0.3) is 11.8 Å². The first kappa shape index (κ1) is 21.3. The van der Waals surface area contributed by atoms with Gasteiger partial charge < -0.3 is 20.3 Å². The lowest BCUT2D eigenvalue weighted by Gasteiger charge is -2.12. The summed E-state index contributed by atoms with van der Waals surface area (Å²) in [4.78, 5) is 3.84. The average molecular weight is 434 g/mol. The van der Waals surface area contributed by atoms with Crippen molar-refractivity contribution in [1.29, 1.82) is 0 Å². The SMILES string of the molecule is Cc1ccc(O)c(Oc2nc(Oc3cccc(-c4cccc(CN)c4)c3)c(F)cc2F)c1. The van der Waals surface area contributed by atoms with Crippen LogP contribution >= 0.6 is 0 Å². The van der Waals surface area contributed by atoms with Crippen LogP contribution in [0.3, 0.4) is 0 Å². The molecule has 0 spiro atoms. The summed E-state index contributed by atoms with van der Waals surface area (Å²) in [6, 6.07) is 19.9. The van der Waals surface area contributed by atoms with E-state index in [1.807, 2.05) is 30.3 Å². The van der Waals surface area contributed by atoms with Gasteiger partial charge in [-0.3, -0.25) is 0 Å². The fourth-order valence-electron chi connectivity index (χ4n) is 3.11. The van der Waals surface area contributed by atoms with Crippen LogP contribution in [0, 0.1) is 18.6 Å². The fraction of sp³-hybridized carbons (Fsp3) is 0.0800. The number of phenolic OH excluding ortho intramolecular Hbond substituents is 1. The highest BCUT2D eigenvalue weighted by molar-refractivity contribution is 5.66. The van der Waals surface area contributed by atoms with E-state index in [0.29, 0.717) is 18.4 Å². The smallest absolute Gasteiger partial charge is 0.259 e. The Balaban J connectivity index is 1.63. The lowest BCUT2D eigenvalue weighted by atomic mass is 10.0. The maximum Gasteiger partial charge on any atom is 0.259 e. The molecular weight excluding hydrogens is 414 g/mol. The minimum Gasteiger partial charge on any atom is -0.504 e. The molecule has 0 amide bonds. The first-order valence-corrected chi connectivity index (χ1v) is 9.84. The van der Waals surface area contributed by atoms with E-state index >= 15 is 0 Å². The molecule has 3 aromatic carbocycles. The zero-order valence-electron chi connectivity index (χ0n) is 17.2. The Morgan fingerprint density at radius 3 is 2.28 bits per heavy atom. The third kappa shape index (κ3) is 4.68. The van der Waals surface area contributed by atoms with E-state index in [-0.39, 0.29) is 11.5 Å². The highest BCUT2D eigenvalue weighted by atomic mass is 19.1. The number of halogens is 2. The van der Waals surface area contributed by atoms with Gasteiger partial charge >= 0.3 is 0 Å². The molecule has 0 fully saturated rings. The van der Waals surface area contributed by atoms with Gasteiger partial charge in [-0.2, -0.15) is 4.98 Å². The number of ether oxygens (including phenoxy) is 2. The number of aryl methyl sites for hydroxylation is 1. The maximum absolute atomic E-state index is 14.4. The molecule has 0 aliphatic heterocycles. The van der Waals surface area contributed by atoms with Crippen molar-refractivity contribution in [2.24, 2.45) is 5.73 Å². The van der Waals surface area contributed by atoms with Crippen molar-refractivity contribution in [3.05, 3.63) is 95.6 Å². The van der Waals surface area contributed by atoms with E-state index in [1.54, 1.807) is 31.2 Å². The minimum atomic E-state index is -1.02. The van der Waals surface area contributed by atoms with Gasteiger partial charge in [-0.15, -0.1) is 0 Å². The average Bonchev–Trinajstić information content (AvgIpc) is 2.79. The van der Waals surface area contributed by atoms with Gasteiger partial charge in [-0.05, 0) is 59.5 Å². The Labute approximate surface area is 183 Å². The number of benzene rings is 3. The van der Waals surface area contributed by atoms with Crippen LogP contribution in [0.1, 0.15) is 11.1 Å². The predicted molar refractivity (Wildman–Crippen MR) is 117 cm³/mol. The van der Waals surface area contributed by atoms with Gasteiger partial charge in [0.1, 0.15) is 5.75 Å². The van der Waals surface area contributed by atoms with Crippen LogP contribution in [0.4, 0.5) is 8.78 Å². The lowest BCUT2D eigenvalue weighted by molar-refractivity contribution is 0.361. The van der Waals surface area contributed by atoms with Crippen LogP contribution < -0.4 is 15.2 Å². The van der Waals surface area contributed by atoms with E-state index in [9.17, 15) is 13.9 Å². The molecule has 7 heteroatoms. The fourth-order valence-corrected chi connectivity index (χ4v) is 3.11. The van der Waals surface area contributed by atoms with Gasteiger partial charge in [0.05, 0.1) is 0 Å². The van der Waals surface area contributed by atoms with Gasteiger partial charge in [0, 0.05) is 12.6 Å². The number of hydrogen-bond acceptors (Lipinski definition) is 5. The van der Waals surface area contributed by atoms with Crippen molar-refractivity contribution >= 4 is 0 Å². The molecule has 0 saturated carbocycles. The maximum atomic E-state index is 14.4. The number of phenols is 1. The van der Waals surface area contributed by atoms with Crippen LogP contribution in [0.5, 0.6) is 29.0 Å². The van der Waals surface area contributed by atoms with Crippen LogP contribution in [0.2, 0.25) is 0 Å². The molecular formula is C25H20F2N2O3. The van der Waals surface area contributed by atoms with E-state index in [4.69, 9.17) is 15.2 Å². The first-order chi connectivity index (χ1) is 15.4. The highest BCUT2D eigenvalue weighted by Crippen LogP contribution is 2.35. The summed E-state index contributed by atoms with van der Waals surface area (Å²) < 4.78 is 39.6. The number of rotatable bonds is 6. The highest BCUT2D eigenvalue weighted by Gasteiger charge is 2.17. The zero-order chi connectivity index (χ0) is 22.7. The Bertz CT molecular complexity index is 1280. The van der Waals surface area contributed by atoms with Crippen molar-refractivity contribution in [3.8, 4) is 40.1 Å². The molecule has 162 valence electrons. The number of hydrogen-bond donors (Lipinski definition) is 2. The number of nitrogens with two attached hydrogens (primary N) is 1. The van der Waals surface area contributed by atoms with Gasteiger partial charge in [-0.25, -0.2) is 8.78 Å². The number of pyridine rings is 1. The molecule has 4 rings (SSSR count). The van der Waals surface area contributed by atoms with Crippen molar-refractivity contribution in [2.75, 3.05) is 0 Å². The second-order valence-corrected chi connectivity index (χ2v) is 7.17. The molecule has 0 unspecified atom stereocenters. The van der Waals surface area contributed by atoms with Gasteiger partial charge in [0.15, 0.2) is 23.1 Å². The summed E-state index contributed by atoms with van der Waals surface area (Å²) in [6.07, 6.45) is 0. The minimum absolute atomic E-state index is 0.00394. The number of aromatic nitrogens is 1. The molecule has 0 saturated heterocycles. The molecule has 1 heterocycles. The summed E-state index contributed by atoms with van der Waals surface area (Å²) in [7, 11) is 0. The predicted octanol–water partition coefficient (Wildman–Crippen LogP) is 6.08. The Kier molecular flexibility index (Phi) is 6.00. The second kappa shape index (κ2) is 9.03. The summed E-state index contributed by atoms with van der Waals surface area (Å²) in [5, 5.41) is 9.93. The standard InChI is InChI=1S/C25H20F2N2O3/c1-15-8-9-22(30)23(10-15)32-25-21(27)13-20(26)24(29-25)31-19-7-3-6-18(12-19)17-5-2-4-16(11-17)14-28/h2-13,30H,14,28H2,1H3. The molecule has 5 nitrogen and oxygen atoms in total. The van der Waals surface area contributed by atoms with E-state index < -0.39 is 23.4 Å². The molecule has 0 aliphatic carbocycles.